The summed E-state index contributed by atoms with van der Waals surface area (Å²) in [5, 5.41) is 0. The molecule has 0 radical (unpaired) electrons. The van der Waals surface area contributed by atoms with E-state index >= 15 is 0 Å². The van der Waals surface area contributed by atoms with Crippen molar-refractivity contribution >= 4 is 23.0 Å². The Morgan fingerprint density at radius 2 is 1.83 bits per heavy atom. The van der Waals surface area contributed by atoms with Crippen LogP contribution in [0, 0.1) is 0 Å². The summed E-state index contributed by atoms with van der Waals surface area (Å²) in [5.74, 6) is -0.551. The number of rotatable bonds is 7. The number of benzene rings is 2. The fourth-order valence-corrected chi connectivity index (χ4v) is 2.82. The molecule has 1 amide bonds. The number of imidazole rings is 1. The summed E-state index contributed by atoms with van der Waals surface area (Å²) in [6, 6.07) is 12.4. The van der Waals surface area contributed by atoms with Crippen molar-refractivity contribution in [1.82, 2.24) is 14.5 Å². The Hall–Kier alpha value is -3.36. The number of nitrogens with zero attached hydrogens (tertiary/aromatic N) is 3. The molecule has 0 atom stereocenters. The van der Waals surface area contributed by atoms with E-state index in [2.05, 4.69) is 9.72 Å². The molecule has 0 aliphatic carbocycles. The maximum atomic E-state index is 13.5. The molecule has 1 aromatic heterocycles. The summed E-state index contributed by atoms with van der Waals surface area (Å²) in [4.78, 5) is 17.8. The molecule has 152 valence electrons. The maximum absolute atomic E-state index is 13.5. The van der Waals surface area contributed by atoms with E-state index in [0.29, 0.717) is 5.52 Å². The minimum atomic E-state index is -3.00. The lowest BCUT2D eigenvalue weighted by atomic mass is 10.2. The SMILES string of the molecule is CN(Cc1nc2ccccc2n1C(F)F)C(=O)C=Cc1ccccc1OC(F)F. The lowest BCUT2D eigenvalue weighted by Gasteiger charge is -2.16. The zero-order valence-electron chi connectivity index (χ0n) is 15.3. The predicted octanol–water partition coefficient (Wildman–Crippen LogP) is 4.70. The van der Waals surface area contributed by atoms with Crippen LogP contribution in [-0.4, -0.2) is 34.0 Å². The fourth-order valence-electron chi connectivity index (χ4n) is 2.82. The van der Waals surface area contributed by atoms with Gasteiger partial charge in [-0.3, -0.25) is 9.36 Å². The molecule has 2 aromatic carbocycles. The first kappa shape index (κ1) is 20.4. The number of alkyl halides is 4. The molecule has 0 bridgehead atoms. The van der Waals surface area contributed by atoms with E-state index in [1.165, 1.54) is 42.3 Å². The first-order chi connectivity index (χ1) is 13.9. The van der Waals surface area contributed by atoms with Crippen LogP contribution >= 0.6 is 0 Å². The molecule has 5 nitrogen and oxygen atoms in total. The molecule has 0 aliphatic rings. The van der Waals surface area contributed by atoms with Crippen molar-refractivity contribution in [2.75, 3.05) is 7.05 Å². The van der Waals surface area contributed by atoms with E-state index in [1.54, 1.807) is 24.3 Å². The Kier molecular flexibility index (Phi) is 6.16. The summed E-state index contributed by atoms with van der Waals surface area (Å²) in [6.45, 7) is -5.96. The van der Waals surface area contributed by atoms with Crippen molar-refractivity contribution in [3.8, 4) is 5.75 Å². The van der Waals surface area contributed by atoms with Crippen molar-refractivity contribution in [2.45, 2.75) is 19.7 Å². The van der Waals surface area contributed by atoms with Crippen molar-refractivity contribution in [1.29, 1.82) is 0 Å². The highest BCUT2D eigenvalue weighted by Gasteiger charge is 2.19. The number of aromatic nitrogens is 2. The van der Waals surface area contributed by atoms with Crippen molar-refractivity contribution in [3.63, 3.8) is 0 Å². The second-order valence-corrected chi connectivity index (χ2v) is 6.11. The molecular formula is C20H17F4N3O2. The first-order valence-corrected chi connectivity index (χ1v) is 8.58. The lowest BCUT2D eigenvalue weighted by Crippen LogP contribution is -2.26. The van der Waals surface area contributed by atoms with Crippen LogP contribution < -0.4 is 4.74 Å². The highest BCUT2D eigenvalue weighted by Crippen LogP contribution is 2.24. The van der Waals surface area contributed by atoms with Crippen LogP contribution in [0.2, 0.25) is 0 Å². The number of hydrogen-bond acceptors (Lipinski definition) is 3. The lowest BCUT2D eigenvalue weighted by molar-refractivity contribution is -0.125. The molecule has 3 rings (SSSR count). The normalized spacial score (nSPS) is 11.7. The third kappa shape index (κ3) is 4.74. The van der Waals surface area contributed by atoms with Crippen LogP contribution in [0.1, 0.15) is 17.9 Å². The number of halogens is 4. The summed E-state index contributed by atoms with van der Waals surface area (Å²) < 4.78 is 57.1. The average Bonchev–Trinajstić information content (AvgIpc) is 3.04. The van der Waals surface area contributed by atoms with E-state index in [9.17, 15) is 22.4 Å². The van der Waals surface area contributed by atoms with Gasteiger partial charge in [-0.1, -0.05) is 30.3 Å². The highest BCUT2D eigenvalue weighted by atomic mass is 19.3. The highest BCUT2D eigenvalue weighted by molar-refractivity contribution is 5.92. The number of likely N-dealkylation sites (N-methyl/N-ethyl adjacent to an activating group) is 1. The van der Waals surface area contributed by atoms with Crippen LogP contribution in [-0.2, 0) is 11.3 Å². The molecule has 0 unspecified atom stereocenters. The number of amides is 1. The molecule has 1 heterocycles. The molecule has 29 heavy (non-hydrogen) atoms. The third-order valence-corrected chi connectivity index (χ3v) is 4.16. The molecule has 0 saturated carbocycles. The quantitative estimate of drug-likeness (QED) is 0.421. The number of carbonyl (C=O) groups excluding carboxylic acids is 1. The zero-order valence-corrected chi connectivity index (χ0v) is 15.3. The van der Waals surface area contributed by atoms with Gasteiger partial charge in [0.15, 0.2) is 0 Å². The van der Waals surface area contributed by atoms with Crippen LogP contribution in [0.5, 0.6) is 5.75 Å². The second kappa shape index (κ2) is 8.76. The summed E-state index contributed by atoms with van der Waals surface area (Å²) in [5.41, 5.74) is 0.957. The van der Waals surface area contributed by atoms with Crippen LogP contribution in [0.25, 0.3) is 17.1 Å². The van der Waals surface area contributed by atoms with Gasteiger partial charge in [-0.15, -0.1) is 0 Å². The van der Waals surface area contributed by atoms with Gasteiger partial charge in [0, 0.05) is 18.7 Å². The number of ether oxygens (including phenoxy) is 1. The molecule has 0 spiro atoms. The van der Waals surface area contributed by atoms with Crippen LogP contribution in [0.15, 0.2) is 54.6 Å². The molecule has 0 N–H and O–H groups in total. The molecule has 0 saturated heterocycles. The van der Waals surface area contributed by atoms with E-state index in [1.807, 2.05) is 0 Å². The smallest absolute Gasteiger partial charge is 0.387 e. The van der Waals surface area contributed by atoms with Crippen molar-refractivity contribution < 1.29 is 27.1 Å². The van der Waals surface area contributed by atoms with Crippen LogP contribution in [0.3, 0.4) is 0 Å². The Morgan fingerprint density at radius 1 is 1.14 bits per heavy atom. The Bertz CT molecular complexity index is 1030. The van der Waals surface area contributed by atoms with Gasteiger partial charge >= 0.3 is 13.2 Å². The number of hydrogen-bond donors (Lipinski definition) is 0. The van der Waals surface area contributed by atoms with E-state index in [4.69, 9.17) is 0 Å². The third-order valence-electron chi connectivity index (χ3n) is 4.16. The molecule has 0 aliphatic heterocycles. The molecule has 3 aromatic rings. The fraction of sp³-hybridized carbons (Fsp3) is 0.200. The number of carbonyl (C=O) groups is 1. The largest absolute Gasteiger partial charge is 0.434 e. The van der Waals surface area contributed by atoms with Gasteiger partial charge in [-0.25, -0.2) is 4.98 Å². The summed E-state index contributed by atoms with van der Waals surface area (Å²) in [6.07, 6.45) is 2.48. The molecular weight excluding hydrogens is 390 g/mol. The van der Waals surface area contributed by atoms with Gasteiger partial charge in [0.05, 0.1) is 17.6 Å². The van der Waals surface area contributed by atoms with Gasteiger partial charge < -0.3 is 9.64 Å². The average molecular weight is 407 g/mol. The van der Waals surface area contributed by atoms with E-state index in [-0.39, 0.29) is 29.2 Å². The molecule has 9 heteroatoms. The van der Waals surface area contributed by atoms with Crippen molar-refractivity contribution in [3.05, 3.63) is 66.0 Å². The second-order valence-electron chi connectivity index (χ2n) is 6.11. The monoisotopic (exact) mass is 407 g/mol. The minimum Gasteiger partial charge on any atom is -0.434 e. The van der Waals surface area contributed by atoms with Gasteiger partial charge in [0.1, 0.15) is 11.6 Å². The predicted molar refractivity (Wildman–Crippen MR) is 99.6 cm³/mol. The van der Waals surface area contributed by atoms with Gasteiger partial charge in [-0.2, -0.15) is 17.6 Å². The maximum Gasteiger partial charge on any atom is 0.387 e. The zero-order chi connectivity index (χ0) is 21.0. The Balaban J connectivity index is 1.78. The first-order valence-electron chi connectivity index (χ1n) is 8.58. The topological polar surface area (TPSA) is 47.4 Å². The standard InChI is InChI=1S/C20H17F4N3O2/c1-26(12-17-25-14-7-3-4-8-15(14)27(17)19(21)22)18(28)11-10-13-6-2-5-9-16(13)29-20(23)24/h2-11,19-20H,12H2,1H3. The van der Waals surface area contributed by atoms with E-state index in [0.717, 1.165) is 10.6 Å². The van der Waals surface area contributed by atoms with Crippen molar-refractivity contribution in [2.24, 2.45) is 0 Å². The van der Waals surface area contributed by atoms with E-state index < -0.39 is 19.1 Å². The Morgan fingerprint density at radius 3 is 2.55 bits per heavy atom. The minimum absolute atomic E-state index is 0.0342. The van der Waals surface area contributed by atoms with Gasteiger partial charge in [-0.05, 0) is 24.3 Å². The molecule has 0 fully saturated rings. The van der Waals surface area contributed by atoms with Gasteiger partial charge in [0.25, 0.3) is 0 Å². The summed E-state index contributed by atoms with van der Waals surface area (Å²) >= 11 is 0. The van der Waals surface area contributed by atoms with Crippen LogP contribution in [0.4, 0.5) is 17.6 Å². The number of fused-ring (bicyclic) bond motifs is 1. The number of para-hydroxylation sites is 3. The van der Waals surface area contributed by atoms with Gasteiger partial charge in [0.2, 0.25) is 5.91 Å². The Labute approximate surface area is 163 Å². The summed E-state index contributed by atoms with van der Waals surface area (Å²) in [7, 11) is 1.43.